The van der Waals surface area contributed by atoms with Gasteiger partial charge in [0.15, 0.2) is 0 Å². The summed E-state index contributed by atoms with van der Waals surface area (Å²) in [4.78, 5) is 12.0. The maximum absolute atomic E-state index is 12.0. The van der Waals surface area contributed by atoms with E-state index in [1.54, 1.807) is 6.07 Å². The van der Waals surface area contributed by atoms with Crippen molar-refractivity contribution in [3.63, 3.8) is 0 Å². The Bertz CT molecular complexity index is 1160. The summed E-state index contributed by atoms with van der Waals surface area (Å²) in [6, 6.07) is 20.4. The smallest absolute Gasteiger partial charge is 0.249 e. The third-order valence-electron chi connectivity index (χ3n) is 5.20. The van der Waals surface area contributed by atoms with Gasteiger partial charge in [0.05, 0.1) is 12.1 Å². The number of hydrogen-bond acceptors (Lipinski definition) is 2. The predicted octanol–water partition coefficient (Wildman–Crippen LogP) is 4.90. The van der Waals surface area contributed by atoms with Gasteiger partial charge in [0.25, 0.3) is 0 Å². The van der Waals surface area contributed by atoms with Gasteiger partial charge in [-0.05, 0) is 54.8 Å². The molecule has 0 fully saturated rings. The molecular weight excluding hydrogens is 348 g/mol. The number of amides is 1. The molecule has 4 nitrogen and oxygen atoms in total. The summed E-state index contributed by atoms with van der Waals surface area (Å²) in [7, 11) is 0. The summed E-state index contributed by atoms with van der Waals surface area (Å²) in [6.07, 6.45) is 0.962. The summed E-state index contributed by atoms with van der Waals surface area (Å²) in [5.41, 5.74) is 10.8. The highest BCUT2D eigenvalue weighted by Gasteiger charge is 2.16. The van der Waals surface area contributed by atoms with Gasteiger partial charge in [-0.3, -0.25) is 4.79 Å². The van der Waals surface area contributed by atoms with E-state index in [0.29, 0.717) is 18.7 Å². The van der Waals surface area contributed by atoms with Crippen LogP contribution < -0.4 is 10.5 Å². The number of aryl methyl sites for hydroxylation is 1. The van der Waals surface area contributed by atoms with Crippen LogP contribution in [0.3, 0.4) is 0 Å². The number of hydrogen-bond donors (Lipinski definition) is 1. The predicted molar refractivity (Wildman–Crippen MR) is 114 cm³/mol. The maximum Gasteiger partial charge on any atom is 0.249 e. The van der Waals surface area contributed by atoms with Crippen molar-refractivity contribution in [1.82, 2.24) is 4.57 Å². The van der Waals surface area contributed by atoms with Crippen LogP contribution in [0.25, 0.3) is 21.8 Å². The summed E-state index contributed by atoms with van der Waals surface area (Å²) >= 11 is 0. The van der Waals surface area contributed by atoms with Crippen molar-refractivity contribution >= 4 is 27.7 Å². The highest BCUT2D eigenvalue weighted by atomic mass is 16.5. The first-order valence-electron chi connectivity index (χ1n) is 9.67. The van der Waals surface area contributed by atoms with Crippen LogP contribution in [0, 0.1) is 0 Å². The molecule has 4 aromatic rings. The summed E-state index contributed by atoms with van der Waals surface area (Å²) < 4.78 is 7.82. The normalized spacial score (nSPS) is 11.2. The fraction of sp³-hybridized carbons (Fsp3) is 0.208. The first-order chi connectivity index (χ1) is 13.6. The first kappa shape index (κ1) is 18.1. The Morgan fingerprint density at radius 2 is 1.71 bits per heavy atom. The van der Waals surface area contributed by atoms with Crippen molar-refractivity contribution < 1.29 is 9.53 Å². The molecule has 3 aromatic carbocycles. The fourth-order valence-electron chi connectivity index (χ4n) is 3.83. The molecule has 0 aliphatic rings. The van der Waals surface area contributed by atoms with Crippen LogP contribution in [0.15, 0.2) is 60.7 Å². The number of ether oxygens (including phenoxy) is 1. The molecule has 1 heterocycles. The van der Waals surface area contributed by atoms with E-state index >= 15 is 0 Å². The lowest BCUT2D eigenvalue weighted by molar-refractivity contribution is 0.100. The molecular formula is C24H24N2O2. The number of carbonyl (C=O) groups is 1. The van der Waals surface area contributed by atoms with Crippen LogP contribution in [0.5, 0.6) is 5.75 Å². The molecule has 0 radical (unpaired) electrons. The van der Waals surface area contributed by atoms with E-state index in [1.807, 2.05) is 25.1 Å². The fourth-order valence-corrected chi connectivity index (χ4v) is 3.83. The second-order valence-corrected chi connectivity index (χ2v) is 6.93. The number of fused-ring (bicyclic) bond motifs is 3. The molecule has 28 heavy (non-hydrogen) atoms. The van der Waals surface area contributed by atoms with Gasteiger partial charge in [-0.25, -0.2) is 0 Å². The molecule has 142 valence electrons. The maximum atomic E-state index is 12.0. The van der Waals surface area contributed by atoms with Gasteiger partial charge in [-0.1, -0.05) is 37.3 Å². The Kier molecular flexibility index (Phi) is 4.78. The van der Waals surface area contributed by atoms with Crippen molar-refractivity contribution in [2.45, 2.75) is 26.8 Å². The van der Waals surface area contributed by atoms with Crippen molar-refractivity contribution in [3.8, 4) is 5.75 Å². The minimum Gasteiger partial charge on any atom is -0.494 e. The lowest BCUT2D eigenvalue weighted by atomic mass is 10.0. The van der Waals surface area contributed by atoms with Gasteiger partial charge in [0, 0.05) is 28.4 Å². The average molecular weight is 372 g/mol. The van der Waals surface area contributed by atoms with E-state index < -0.39 is 5.91 Å². The Morgan fingerprint density at radius 1 is 0.964 bits per heavy atom. The molecule has 1 amide bonds. The number of rotatable bonds is 6. The standard InChI is InChI=1S/C24H24N2O2/c1-3-16-10-13-19-22(14-16)26(15-17-8-11-18(12-9-17)28-4-2)21-7-5-6-20(23(19)21)24(25)27/h5-14H,3-4,15H2,1-2H3,(H2,25,27). The molecule has 0 spiro atoms. The third-order valence-corrected chi connectivity index (χ3v) is 5.20. The molecule has 0 saturated carbocycles. The molecule has 0 saturated heterocycles. The van der Waals surface area contributed by atoms with Crippen LogP contribution >= 0.6 is 0 Å². The van der Waals surface area contributed by atoms with Gasteiger partial charge in [-0.2, -0.15) is 0 Å². The van der Waals surface area contributed by atoms with Crippen molar-refractivity contribution in [3.05, 3.63) is 77.4 Å². The van der Waals surface area contributed by atoms with Gasteiger partial charge in [-0.15, -0.1) is 0 Å². The van der Waals surface area contributed by atoms with E-state index in [2.05, 4.69) is 47.9 Å². The Morgan fingerprint density at radius 3 is 2.39 bits per heavy atom. The average Bonchev–Trinajstić information content (AvgIpc) is 3.02. The zero-order valence-electron chi connectivity index (χ0n) is 16.2. The SMILES string of the molecule is CCOc1ccc(Cn2c3cc(CC)ccc3c3c(C(N)=O)cccc32)cc1. The number of primary amides is 1. The Labute approximate surface area is 164 Å². The van der Waals surface area contributed by atoms with Gasteiger partial charge >= 0.3 is 0 Å². The van der Waals surface area contributed by atoms with Crippen LogP contribution in [0.4, 0.5) is 0 Å². The summed E-state index contributed by atoms with van der Waals surface area (Å²) in [6.45, 7) is 5.49. The highest BCUT2D eigenvalue weighted by Crippen LogP contribution is 2.33. The topological polar surface area (TPSA) is 57.2 Å². The van der Waals surface area contributed by atoms with E-state index in [1.165, 1.54) is 11.1 Å². The molecule has 2 N–H and O–H groups in total. The minimum atomic E-state index is -0.398. The van der Waals surface area contributed by atoms with Crippen LogP contribution in [0.1, 0.15) is 35.3 Å². The first-order valence-corrected chi connectivity index (χ1v) is 9.67. The largest absolute Gasteiger partial charge is 0.494 e. The lowest BCUT2D eigenvalue weighted by Crippen LogP contribution is -2.11. The third kappa shape index (κ3) is 3.11. The lowest BCUT2D eigenvalue weighted by Gasteiger charge is -2.10. The second-order valence-electron chi connectivity index (χ2n) is 6.93. The van der Waals surface area contributed by atoms with Crippen LogP contribution in [0.2, 0.25) is 0 Å². The molecule has 0 bridgehead atoms. The van der Waals surface area contributed by atoms with Crippen molar-refractivity contribution in [2.24, 2.45) is 5.73 Å². The molecule has 0 unspecified atom stereocenters. The molecule has 0 aliphatic carbocycles. The van der Waals surface area contributed by atoms with E-state index in [-0.39, 0.29) is 0 Å². The molecule has 1 aromatic heterocycles. The summed E-state index contributed by atoms with van der Waals surface area (Å²) in [5, 5.41) is 1.99. The number of carbonyl (C=O) groups excluding carboxylic acids is 1. The zero-order chi connectivity index (χ0) is 19.7. The second kappa shape index (κ2) is 7.39. The Hall–Kier alpha value is -3.27. The number of nitrogens with zero attached hydrogens (tertiary/aromatic N) is 1. The van der Waals surface area contributed by atoms with Gasteiger partial charge in [0.1, 0.15) is 5.75 Å². The van der Waals surface area contributed by atoms with Crippen molar-refractivity contribution in [2.75, 3.05) is 6.61 Å². The number of aromatic nitrogens is 1. The quantitative estimate of drug-likeness (QED) is 0.523. The van der Waals surface area contributed by atoms with Crippen LogP contribution in [-0.4, -0.2) is 17.1 Å². The van der Waals surface area contributed by atoms with Gasteiger partial charge < -0.3 is 15.0 Å². The monoisotopic (exact) mass is 372 g/mol. The highest BCUT2D eigenvalue weighted by molar-refractivity contribution is 6.17. The minimum absolute atomic E-state index is 0.398. The van der Waals surface area contributed by atoms with Crippen molar-refractivity contribution in [1.29, 1.82) is 0 Å². The van der Waals surface area contributed by atoms with E-state index in [0.717, 1.165) is 34.0 Å². The Balaban J connectivity index is 1.92. The molecule has 0 aliphatic heterocycles. The number of benzene rings is 3. The molecule has 0 atom stereocenters. The van der Waals surface area contributed by atoms with Gasteiger partial charge in [0.2, 0.25) is 5.91 Å². The molecule has 4 heteroatoms. The summed E-state index contributed by atoms with van der Waals surface area (Å²) in [5.74, 6) is 0.475. The van der Waals surface area contributed by atoms with E-state index in [9.17, 15) is 4.79 Å². The zero-order valence-corrected chi connectivity index (χ0v) is 16.2. The van der Waals surface area contributed by atoms with Crippen LogP contribution in [-0.2, 0) is 13.0 Å². The number of nitrogens with two attached hydrogens (primary N) is 1. The van der Waals surface area contributed by atoms with E-state index in [4.69, 9.17) is 10.5 Å². The molecule has 4 rings (SSSR count).